The molecule has 0 saturated heterocycles. The summed E-state index contributed by atoms with van der Waals surface area (Å²) in [6.07, 6.45) is 2.16. The highest BCUT2D eigenvalue weighted by atomic mass is 14.1. The van der Waals surface area contributed by atoms with Gasteiger partial charge < -0.3 is 0 Å². The Morgan fingerprint density at radius 1 is 0.640 bits per heavy atom. The predicted octanol–water partition coefficient (Wildman–Crippen LogP) is 7.11. The van der Waals surface area contributed by atoms with Crippen LogP contribution in [0.4, 0.5) is 0 Å². The van der Waals surface area contributed by atoms with Crippen LogP contribution >= 0.6 is 0 Å². The van der Waals surface area contributed by atoms with Gasteiger partial charge in [0.25, 0.3) is 0 Å². The standard InChI is InChI=1S/C25H20/c1-18(20-8-4-3-5-9-20)14-19(2)21-12-13-24-16-22-10-6-7-11-23(22)17-25(24)15-21/h3-17H,2H2,1H3/b18-14+. The van der Waals surface area contributed by atoms with Crippen LogP contribution in [0.1, 0.15) is 18.1 Å². The Bertz CT molecular complexity index is 1100. The monoisotopic (exact) mass is 320 g/mol. The van der Waals surface area contributed by atoms with Crippen molar-refractivity contribution in [1.82, 2.24) is 0 Å². The molecule has 4 aromatic carbocycles. The van der Waals surface area contributed by atoms with Crippen molar-refractivity contribution < 1.29 is 0 Å². The van der Waals surface area contributed by atoms with Crippen molar-refractivity contribution >= 4 is 32.7 Å². The van der Waals surface area contributed by atoms with E-state index in [1.807, 2.05) is 6.07 Å². The zero-order chi connectivity index (χ0) is 17.2. The zero-order valence-electron chi connectivity index (χ0n) is 14.4. The molecule has 0 aliphatic rings. The molecule has 0 fully saturated rings. The van der Waals surface area contributed by atoms with Crippen LogP contribution in [0, 0.1) is 0 Å². The van der Waals surface area contributed by atoms with E-state index in [-0.39, 0.29) is 0 Å². The molecular formula is C25H20. The van der Waals surface area contributed by atoms with Crippen molar-refractivity contribution in [1.29, 1.82) is 0 Å². The minimum atomic E-state index is 1.04. The van der Waals surface area contributed by atoms with E-state index in [0.717, 1.165) is 11.1 Å². The summed E-state index contributed by atoms with van der Waals surface area (Å²) >= 11 is 0. The second-order valence-electron chi connectivity index (χ2n) is 6.48. The third-order valence-corrected chi connectivity index (χ3v) is 4.70. The summed E-state index contributed by atoms with van der Waals surface area (Å²) < 4.78 is 0. The molecule has 0 spiro atoms. The molecule has 0 heterocycles. The highest BCUT2D eigenvalue weighted by Crippen LogP contribution is 2.27. The van der Waals surface area contributed by atoms with E-state index in [1.165, 1.54) is 32.7 Å². The van der Waals surface area contributed by atoms with Crippen LogP contribution in [0.15, 0.2) is 97.6 Å². The van der Waals surface area contributed by atoms with E-state index < -0.39 is 0 Å². The quantitative estimate of drug-likeness (QED) is 0.279. The van der Waals surface area contributed by atoms with E-state index >= 15 is 0 Å². The summed E-state index contributed by atoms with van der Waals surface area (Å²) in [5.41, 5.74) is 4.66. The fraction of sp³-hybridized carbons (Fsp3) is 0.0400. The van der Waals surface area contributed by atoms with E-state index in [2.05, 4.69) is 98.4 Å². The van der Waals surface area contributed by atoms with Crippen LogP contribution in [-0.2, 0) is 0 Å². The minimum Gasteiger partial charge on any atom is -0.0911 e. The van der Waals surface area contributed by atoms with Gasteiger partial charge in [-0.1, -0.05) is 79.4 Å². The molecule has 0 aromatic heterocycles. The summed E-state index contributed by atoms with van der Waals surface area (Å²) in [7, 11) is 0. The number of fused-ring (bicyclic) bond motifs is 2. The van der Waals surface area contributed by atoms with Gasteiger partial charge >= 0.3 is 0 Å². The Hall–Kier alpha value is -3.12. The van der Waals surface area contributed by atoms with Gasteiger partial charge in [0.15, 0.2) is 0 Å². The van der Waals surface area contributed by atoms with E-state index in [9.17, 15) is 0 Å². The summed E-state index contributed by atoms with van der Waals surface area (Å²) in [5, 5.41) is 5.07. The van der Waals surface area contributed by atoms with Crippen LogP contribution in [0.2, 0.25) is 0 Å². The molecule has 4 rings (SSSR count). The highest BCUT2D eigenvalue weighted by molar-refractivity contribution is 5.99. The van der Waals surface area contributed by atoms with Crippen molar-refractivity contribution in [3.63, 3.8) is 0 Å². The van der Waals surface area contributed by atoms with Gasteiger partial charge in [0, 0.05) is 0 Å². The van der Waals surface area contributed by atoms with E-state index in [1.54, 1.807) is 0 Å². The first-order valence-electron chi connectivity index (χ1n) is 8.56. The first-order chi connectivity index (χ1) is 12.2. The second-order valence-corrected chi connectivity index (χ2v) is 6.48. The molecule has 0 bridgehead atoms. The number of allylic oxidation sites excluding steroid dienone is 3. The second kappa shape index (κ2) is 6.41. The molecule has 4 aromatic rings. The minimum absolute atomic E-state index is 1.04. The molecule has 0 unspecified atom stereocenters. The van der Waals surface area contributed by atoms with Crippen LogP contribution in [0.5, 0.6) is 0 Å². The smallest absolute Gasteiger partial charge is 0.0171 e. The lowest BCUT2D eigenvalue weighted by atomic mass is 9.97. The van der Waals surface area contributed by atoms with Crippen LogP contribution in [0.25, 0.3) is 32.7 Å². The molecule has 25 heavy (non-hydrogen) atoms. The maximum absolute atomic E-state index is 4.28. The normalized spacial score (nSPS) is 11.8. The molecule has 0 amide bonds. The third-order valence-electron chi connectivity index (χ3n) is 4.70. The Morgan fingerprint density at radius 2 is 1.24 bits per heavy atom. The van der Waals surface area contributed by atoms with Crippen molar-refractivity contribution in [2.45, 2.75) is 6.92 Å². The molecule has 0 atom stereocenters. The lowest BCUT2D eigenvalue weighted by Crippen LogP contribution is -1.84. The third kappa shape index (κ3) is 3.12. The Balaban J connectivity index is 1.73. The average molecular weight is 320 g/mol. The van der Waals surface area contributed by atoms with E-state index in [4.69, 9.17) is 0 Å². The maximum atomic E-state index is 4.28. The summed E-state index contributed by atoms with van der Waals surface area (Å²) in [4.78, 5) is 0. The van der Waals surface area contributed by atoms with Crippen molar-refractivity contribution in [2.75, 3.05) is 0 Å². The van der Waals surface area contributed by atoms with Crippen LogP contribution in [-0.4, -0.2) is 0 Å². The van der Waals surface area contributed by atoms with Gasteiger partial charge in [-0.25, -0.2) is 0 Å². The maximum Gasteiger partial charge on any atom is -0.0171 e. The first-order valence-corrected chi connectivity index (χ1v) is 8.56. The molecule has 0 heteroatoms. The lowest BCUT2D eigenvalue weighted by Gasteiger charge is -2.08. The van der Waals surface area contributed by atoms with Gasteiger partial charge in [-0.15, -0.1) is 0 Å². The Kier molecular flexibility index (Phi) is 3.95. The number of benzene rings is 4. The van der Waals surface area contributed by atoms with Gasteiger partial charge in [-0.05, 0) is 68.9 Å². The fourth-order valence-corrected chi connectivity index (χ4v) is 3.27. The van der Waals surface area contributed by atoms with E-state index in [0.29, 0.717) is 0 Å². The number of hydrogen-bond acceptors (Lipinski definition) is 0. The first kappa shape index (κ1) is 15.4. The Morgan fingerprint density at radius 3 is 1.96 bits per heavy atom. The molecule has 0 N–H and O–H groups in total. The summed E-state index contributed by atoms with van der Waals surface area (Å²) in [5.74, 6) is 0. The molecule has 120 valence electrons. The predicted molar refractivity (Wildman–Crippen MR) is 111 cm³/mol. The molecule has 0 aliphatic heterocycles. The van der Waals surface area contributed by atoms with Gasteiger partial charge in [0.05, 0.1) is 0 Å². The molecule has 0 aliphatic carbocycles. The largest absolute Gasteiger partial charge is 0.0911 e. The van der Waals surface area contributed by atoms with Gasteiger partial charge in [-0.2, -0.15) is 0 Å². The molecule has 0 nitrogen and oxygen atoms in total. The summed E-state index contributed by atoms with van der Waals surface area (Å²) in [6, 6.07) is 30.0. The summed E-state index contributed by atoms with van der Waals surface area (Å²) in [6.45, 7) is 6.42. The lowest BCUT2D eigenvalue weighted by molar-refractivity contribution is 1.56. The topological polar surface area (TPSA) is 0 Å². The molecule has 0 radical (unpaired) electrons. The van der Waals surface area contributed by atoms with Gasteiger partial charge in [0.1, 0.15) is 0 Å². The van der Waals surface area contributed by atoms with Crippen molar-refractivity contribution in [3.05, 3.63) is 109 Å². The van der Waals surface area contributed by atoms with Crippen LogP contribution in [0.3, 0.4) is 0 Å². The fourth-order valence-electron chi connectivity index (χ4n) is 3.27. The SMILES string of the molecule is C=C(/C=C(\C)c1ccccc1)c1ccc2cc3ccccc3cc2c1. The zero-order valence-corrected chi connectivity index (χ0v) is 14.4. The average Bonchev–Trinajstić information content (AvgIpc) is 2.66. The molecular weight excluding hydrogens is 300 g/mol. The number of hydrogen-bond donors (Lipinski definition) is 0. The van der Waals surface area contributed by atoms with Crippen LogP contribution < -0.4 is 0 Å². The van der Waals surface area contributed by atoms with Crippen molar-refractivity contribution in [2.24, 2.45) is 0 Å². The highest BCUT2D eigenvalue weighted by Gasteiger charge is 2.03. The molecule has 0 saturated carbocycles. The van der Waals surface area contributed by atoms with Gasteiger partial charge in [0.2, 0.25) is 0 Å². The van der Waals surface area contributed by atoms with Gasteiger partial charge in [-0.3, -0.25) is 0 Å². The number of rotatable bonds is 3. The van der Waals surface area contributed by atoms with Crippen molar-refractivity contribution in [3.8, 4) is 0 Å². The Labute approximate surface area is 148 Å².